The molecule has 1 atom stereocenters. The van der Waals surface area contributed by atoms with Crippen molar-refractivity contribution in [3.63, 3.8) is 0 Å². The lowest BCUT2D eigenvalue weighted by Crippen LogP contribution is -2.49. The molecule has 0 aromatic carbocycles. The molecule has 0 spiro atoms. The van der Waals surface area contributed by atoms with Crippen LogP contribution in [-0.4, -0.2) is 30.9 Å². The third kappa shape index (κ3) is 4.98. The van der Waals surface area contributed by atoms with Gasteiger partial charge in [0.05, 0.1) is 17.6 Å². The average Bonchev–Trinajstić information content (AvgIpc) is 2.85. The van der Waals surface area contributed by atoms with Gasteiger partial charge >= 0.3 is 5.91 Å². The first kappa shape index (κ1) is 26.4. The summed E-state index contributed by atoms with van der Waals surface area (Å²) in [6, 6.07) is 3.72. The molecule has 192 valence electrons. The Kier molecular flexibility index (Phi) is 6.91. The number of hydrogen-bond donors (Lipinski definition) is 1. The number of carbonyl (C=O) groups excluding carboxylic acids is 1. The van der Waals surface area contributed by atoms with Crippen molar-refractivity contribution in [3.8, 4) is 11.3 Å². The van der Waals surface area contributed by atoms with E-state index in [2.05, 4.69) is 19.9 Å². The van der Waals surface area contributed by atoms with Crippen LogP contribution >= 0.6 is 11.6 Å². The molecule has 0 radical (unpaired) electrons. The minimum Gasteiger partial charge on any atom is -0.614 e. The van der Waals surface area contributed by atoms with Gasteiger partial charge in [-0.3, -0.25) is 9.97 Å². The second kappa shape index (κ2) is 9.67. The molecule has 3 aromatic heterocycles. The molecule has 3 aromatic rings. The van der Waals surface area contributed by atoms with E-state index in [0.29, 0.717) is 17.3 Å². The Morgan fingerprint density at radius 3 is 2.57 bits per heavy atom. The molecule has 1 aliphatic heterocycles. The van der Waals surface area contributed by atoms with E-state index in [1.54, 1.807) is 13.0 Å². The predicted molar refractivity (Wildman–Crippen MR) is 131 cm³/mol. The molecule has 0 saturated carbocycles. The number of halogens is 3. The summed E-state index contributed by atoms with van der Waals surface area (Å²) >= 11 is 6.25. The van der Waals surface area contributed by atoms with Crippen LogP contribution in [0.2, 0.25) is 0 Å². The average molecular weight is 530 g/mol. The van der Waals surface area contributed by atoms with Crippen LogP contribution in [0.4, 0.5) is 14.5 Å². The SMILES string of the molecule is CC1=CC(OCc2ncc(F)cc2F)=C(Cl)C(=O)[N+]1([O-])c1cc(-c2ccnc(C(C)(C)O)n2)cnc1C. The van der Waals surface area contributed by atoms with E-state index in [4.69, 9.17) is 16.3 Å². The van der Waals surface area contributed by atoms with Crippen molar-refractivity contribution < 1.29 is 23.4 Å². The lowest BCUT2D eigenvalue weighted by Gasteiger charge is -2.41. The largest absolute Gasteiger partial charge is 0.614 e. The molecule has 4 rings (SSSR count). The van der Waals surface area contributed by atoms with Crippen molar-refractivity contribution in [1.29, 1.82) is 0 Å². The van der Waals surface area contributed by atoms with Crippen LogP contribution in [0.3, 0.4) is 0 Å². The molecule has 1 aliphatic rings. The summed E-state index contributed by atoms with van der Waals surface area (Å²) in [4.78, 5) is 29.6. The number of hydroxylamine groups is 2. The second-order valence-corrected chi connectivity index (χ2v) is 9.28. The number of allylic oxidation sites excluding steroid dienone is 2. The zero-order valence-electron chi connectivity index (χ0n) is 20.3. The smallest absolute Gasteiger partial charge is 0.371 e. The summed E-state index contributed by atoms with van der Waals surface area (Å²) in [5.74, 6) is -2.79. The van der Waals surface area contributed by atoms with Crippen LogP contribution in [-0.2, 0) is 21.7 Å². The Morgan fingerprint density at radius 1 is 1.16 bits per heavy atom. The molecular formula is C25H22ClF2N5O4. The fourth-order valence-corrected chi connectivity index (χ4v) is 3.87. The summed E-state index contributed by atoms with van der Waals surface area (Å²) in [5, 5.41) is 23.8. The summed E-state index contributed by atoms with van der Waals surface area (Å²) in [6.07, 6.45) is 5.07. The minimum absolute atomic E-state index is 0.00289. The number of rotatable bonds is 6. The number of carbonyl (C=O) groups is 1. The highest BCUT2D eigenvalue weighted by atomic mass is 35.5. The van der Waals surface area contributed by atoms with Crippen molar-refractivity contribution >= 4 is 23.2 Å². The van der Waals surface area contributed by atoms with Crippen molar-refractivity contribution in [1.82, 2.24) is 24.6 Å². The second-order valence-electron chi connectivity index (χ2n) is 8.90. The van der Waals surface area contributed by atoms with Crippen molar-refractivity contribution in [2.45, 2.75) is 39.9 Å². The number of nitrogens with zero attached hydrogens (tertiary/aromatic N) is 5. The Balaban J connectivity index is 1.69. The first-order valence-corrected chi connectivity index (χ1v) is 11.4. The number of hydrogen-bond acceptors (Lipinski definition) is 8. The van der Waals surface area contributed by atoms with E-state index in [9.17, 15) is 23.9 Å². The highest BCUT2D eigenvalue weighted by Crippen LogP contribution is 2.39. The Hall–Kier alpha value is -3.64. The molecule has 4 heterocycles. The fourth-order valence-electron chi connectivity index (χ4n) is 3.64. The van der Waals surface area contributed by atoms with Gasteiger partial charge in [-0.15, -0.1) is 0 Å². The lowest BCUT2D eigenvalue weighted by molar-refractivity contribution is -0.122. The molecule has 37 heavy (non-hydrogen) atoms. The van der Waals surface area contributed by atoms with E-state index in [1.165, 1.54) is 45.3 Å². The fraction of sp³-hybridized carbons (Fsp3) is 0.240. The number of pyridine rings is 2. The van der Waals surface area contributed by atoms with Gasteiger partial charge in [0.1, 0.15) is 29.4 Å². The summed E-state index contributed by atoms with van der Waals surface area (Å²) in [7, 11) is 0. The summed E-state index contributed by atoms with van der Waals surface area (Å²) in [6.45, 7) is 5.64. The van der Waals surface area contributed by atoms with Crippen LogP contribution in [0.25, 0.3) is 11.3 Å². The van der Waals surface area contributed by atoms with Crippen molar-refractivity contribution in [2.24, 2.45) is 0 Å². The highest BCUT2D eigenvalue weighted by molar-refractivity contribution is 6.44. The number of amides is 1. The molecule has 12 heteroatoms. The quantitative estimate of drug-likeness (QED) is 0.361. The van der Waals surface area contributed by atoms with E-state index >= 15 is 0 Å². The van der Waals surface area contributed by atoms with Crippen LogP contribution in [0.1, 0.15) is 38.0 Å². The number of aryl methyl sites for hydroxylation is 1. The first-order chi connectivity index (χ1) is 17.3. The number of quaternary nitrogens is 1. The van der Waals surface area contributed by atoms with Gasteiger partial charge in [0.25, 0.3) is 0 Å². The standard InChI is InChI=1S/C25H22ClF2N5O4/c1-13-7-21(37-12-19-17(28)9-16(27)11-31-19)22(26)23(34)33(13,36)20-8-15(10-30-14(20)2)18-5-6-29-24(32-18)25(3,4)35/h5-11,35H,12H2,1-4H3. The van der Waals surface area contributed by atoms with Gasteiger partial charge in [0, 0.05) is 43.1 Å². The molecular weight excluding hydrogens is 508 g/mol. The van der Waals surface area contributed by atoms with Crippen LogP contribution < -0.4 is 4.65 Å². The summed E-state index contributed by atoms with van der Waals surface area (Å²) in [5.41, 5.74) is -0.397. The molecule has 0 saturated heterocycles. The van der Waals surface area contributed by atoms with E-state index in [-0.39, 0.29) is 34.4 Å². The predicted octanol–water partition coefficient (Wildman–Crippen LogP) is 4.66. The van der Waals surface area contributed by atoms with Gasteiger partial charge in [-0.1, -0.05) is 11.6 Å². The normalized spacial score (nSPS) is 18.2. The maximum absolute atomic E-state index is 14.1. The molecule has 0 fully saturated rings. The number of aliphatic hydroxyl groups is 1. The van der Waals surface area contributed by atoms with Gasteiger partial charge < -0.3 is 15.1 Å². The van der Waals surface area contributed by atoms with Crippen molar-refractivity contribution in [2.75, 3.05) is 0 Å². The Morgan fingerprint density at radius 2 is 1.89 bits per heavy atom. The van der Waals surface area contributed by atoms with Crippen molar-refractivity contribution in [3.05, 3.63) is 93.4 Å². The molecule has 9 nitrogen and oxygen atoms in total. The van der Waals surface area contributed by atoms with Gasteiger partial charge in [-0.05, 0) is 26.8 Å². The van der Waals surface area contributed by atoms with E-state index in [1.807, 2.05) is 0 Å². The zero-order valence-corrected chi connectivity index (χ0v) is 21.0. The maximum atomic E-state index is 14.1. The zero-order chi connectivity index (χ0) is 27.1. The molecule has 1 N–H and O–H groups in total. The topological polar surface area (TPSA) is 121 Å². The third-order valence-corrected chi connectivity index (χ3v) is 6.02. The maximum Gasteiger partial charge on any atom is 0.371 e. The van der Waals surface area contributed by atoms with Gasteiger partial charge in [0.15, 0.2) is 28.1 Å². The highest BCUT2D eigenvalue weighted by Gasteiger charge is 2.42. The van der Waals surface area contributed by atoms with Crippen LogP contribution in [0.5, 0.6) is 0 Å². The molecule has 1 unspecified atom stereocenters. The number of aromatic nitrogens is 4. The molecule has 1 amide bonds. The van der Waals surface area contributed by atoms with Crippen LogP contribution in [0, 0.1) is 23.8 Å². The summed E-state index contributed by atoms with van der Waals surface area (Å²) < 4.78 is 30.9. The van der Waals surface area contributed by atoms with Crippen LogP contribution in [0.15, 0.2) is 59.4 Å². The van der Waals surface area contributed by atoms with E-state index < -0.39 is 39.4 Å². The van der Waals surface area contributed by atoms with Gasteiger partial charge in [-0.25, -0.2) is 28.2 Å². The third-order valence-electron chi connectivity index (χ3n) is 5.67. The monoisotopic (exact) mass is 529 g/mol. The minimum atomic E-state index is -1.56. The Labute approximate surface area is 215 Å². The molecule has 0 aliphatic carbocycles. The van der Waals surface area contributed by atoms with E-state index in [0.717, 1.165) is 6.20 Å². The van der Waals surface area contributed by atoms with Gasteiger partial charge in [0.2, 0.25) is 0 Å². The van der Waals surface area contributed by atoms with Gasteiger partial charge in [-0.2, -0.15) is 0 Å². The lowest BCUT2D eigenvalue weighted by atomic mass is 10.1. The first-order valence-electron chi connectivity index (χ1n) is 11.0. The molecule has 0 bridgehead atoms. The number of ether oxygens (including phenoxy) is 1. The Bertz CT molecular complexity index is 1470.